The van der Waals surface area contributed by atoms with Crippen molar-refractivity contribution in [3.63, 3.8) is 0 Å². The van der Waals surface area contributed by atoms with Crippen molar-refractivity contribution in [1.29, 1.82) is 0 Å². The number of nitrogens with one attached hydrogen (secondary N) is 1. The summed E-state index contributed by atoms with van der Waals surface area (Å²) in [6.45, 7) is 2.60. The molecule has 0 aliphatic rings. The van der Waals surface area contributed by atoms with Crippen molar-refractivity contribution < 1.29 is 4.42 Å². The zero-order valence-electron chi connectivity index (χ0n) is 11.5. The molecule has 2 heterocycles. The third-order valence-corrected chi connectivity index (χ3v) is 2.98. The maximum absolute atomic E-state index is 5.53. The maximum Gasteiger partial charge on any atom is 0.181 e. The number of hydrogen-bond donors (Lipinski definition) is 1. The fraction of sp³-hybridized carbons (Fsp3) is 0.200. The van der Waals surface area contributed by atoms with Gasteiger partial charge < -0.3 is 9.73 Å². The highest BCUT2D eigenvalue weighted by Gasteiger charge is 2.04. The first kappa shape index (κ1) is 12.5. The SMILES string of the molecule is Cc1ccc(CNc2cccc(-c3ncn(C)n3)c2)o1. The fourth-order valence-electron chi connectivity index (χ4n) is 2.01. The lowest BCUT2D eigenvalue weighted by molar-refractivity contribution is 0.490. The molecule has 102 valence electrons. The van der Waals surface area contributed by atoms with Gasteiger partial charge in [-0.15, -0.1) is 0 Å². The standard InChI is InChI=1S/C15H16N4O/c1-11-6-7-14(20-11)9-16-13-5-3-4-12(8-13)15-17-10-19(2)18-15/h3-8,10,16H,9H2,1-2H3. The van der Waals surface area contributed by atoms with E-state index in [9.17, 15) is 0 Å². The van der Waals surface area contributed by atoms with Crippen molar-refractivity contribution >= 4 is 5.69 Å². The largest absolute Gasteiger partial charge is 0.465 e. The molecular weight excluding hydrogens is 252 g/mol. The minimum absolute atomic E-state index is 0.660. The van der Waals surface area contributed by atoms with E-state index in [0.717, 1.165) is 28.6 Å². The van der Waals surface area contributed by atoms with Crippen LogP contribution in [0.5, 0.6) is 0 Å². The van der Waals surface area contributed by atoms with Crippen LogP contribution in [0.15, 0.2) is 47.1 Å². The molecule has 5 nitrogen and oxygen atoms in total. The molecular formula is C15H16N4O. The van der Waals surface area contributed by atoms with E-state index in [1.807, 2.05) is 50.4 Å². The monoisotopic (exact) mass is 268 g/mol. The second kappa shape index (κ2) is 5.21. The molecule has 0 radical (unpaired) electrons. The minimum Gasteiger partial charge on any atom is -0.465 e. The van der Waals surface area contributed by atoms with Crippen LogP contribution in [0.25, 0.3) is 11.4 Å². The number of benzene rings is 1. The van der Waals surface area contributed by atoms with E-state index in [-0.39, 0.29) is 0 Å². The van der Waals surface area contributed by atoms with Crippen LogP contribution in [0.4, 0.5) is 5.69 Å². The quantitative estimate of drug-likeness (QED) is 0.790. The molecule has 3 rings (SSSR count). The molecule has 3 aromatic rings. The van der Waals surface area contributed by atoms with Gasteiger partial charge in [0.05, 0.1) is 6.54 Å². The summed E-state index contributed by atoms with van der Waals surface area (Å²) in [6.07, 6.45) is 1.70. The maximum atomic E-state index is 5.53. The zero-order chi connectivity index (χ0) is 13.9. The Labute approximate surface area is 117 Å². The Balaban J connectivity index is 1.74. The van der Waals surface area contributed by atoms with E-state index < -0.39 is 0 Å². The van der Waals surface area contributed by atoms with Crippen molar-refractivity contribution in [3.05, 3.63) is 54.2 Å². The van der Waals surface area contributed by atoms with Crippen LogP contribution in [0, 0.1) is 6.92 Å². The predicted molar refractivity (Wildman–Crippen MR) is 77.2 cm³/mol. The first-order chi connectivity index (χ1) is 9.70. The highest BCUT2D eigenvalue weighted by molar-refractivity contribution is 5.61. The number of anilines is 1. The molecule has 0 amide bonds. The molecule has 0 bridgehead atoms. The van der Waals surface area contributed by atoms with Gasteiger partial charge >= 0.3 is 0 Å². The summed E-state index contributed by atoms with van der Waals surface area (Å²) in [5.74, 6) is 2.57. The van der Waals surface area contributed by atoms with Crippen molar-refractivity contribution in [2.75, 3.05) is 5.32 Å². The number of rotatable bonds is 4. The van der Waals surface area contributed by atoms with Crippen LogP contribution in [0.1, 0.15) is 11.5 Å². The number of aromatic nitrogens is 3. The molecule has 0 saturated carbocycles. The van der Waals surface area contributed by atoms with Gasteiger partial charge in [0.15, 0.2) is 5.82 Å². The molecule has 0 spiro atoms. The Hall–Kier alpha value is -2.56. The van der Waals surface area contributed by atoms with Gasteiger partial charge in [0.1, 0.15) is 17.8 Å². The average Bonchev–Trinajstić information content (AvgIpc) is 3.06. The summed E-state index contributed by atoms with van der Waals surface area (Å²) in [4.78, 5) is 4.25. The Kier molecular flexibility index (Phi) is 3.25. The summed E-state index contributed by atoms with van der Waals surface area (Å²) in [5, 5.41) is 7.64. The lowest BCUT2D eigenvalue weighted by atomic mass is 10.2. The number of hydrogen-bond acceptors (Lipinski definition) is 4. The van der Waals surface area contributed by atoms with Gasteiger partial charge in [-0.2, -0.15) is 5.10 Å². The number of nitrogens with zero attached hydrogens (tertiary/aromatic N) is 3. The first-order valence-corrected chi connectivity index (χ1v) is 6.46. The summed E-state index contributed by atoms with van der Waals surface area (Å²) in [5.41, 5.74) is 2.01. The second-order valence-electron chi connectivity index (χ2n) is 4.69. The van der Waals surface area contributed by atoms with Crippen molar-refractivity contribution in [3.8, 4) is 11.4 Å². The molecule has 0 unspecified atom stereocenters. The molecule has 20 heavy (non-hydrogen) atoms. The third kappa shape index (κ3) is 2.71. The van der Waals surface area contributed by atoms with Gasteiger partial charge in [-0.1, -0.05) is 12.1 Å². The van der Waals surface area contributed by atoms with Gasteiger partial charge in [0.2, 0.25) is 0 Å². The smallest absolute Gasteiger partial charge is 0.181 e. The topological polar surface area (TPSA) is 55.9 Å². The molecule has 1 N–H and O–H groups in total. The molecule has 5 heteroatoms. The van der Waals surface area contributed by atoms with Crippen LogP contribution in [-0.4, -0.2) is 14.8 Å². The Morgan fingerprint density at radius 1 is 1.25 bits per heavy atom. The Morgan fingerprint density at radius 3 is 2.85 bits per heavy atom. The summed E-state index contributed by atoms with van der Waals surface area (Å²) in [7, 11) is 1.86. The molecule has 0 saturated heterocycles. The zero-order valence-corrected chi connectivity index (χ0v) is 11.5. The first-order valence-electron chi connectivity index (χ1n) is 6.46. The Morgan fingerprint density at radius 2 is 2.15 bits per heavy atom. The predicted octanol–water partition coefficient (Wildman–Crippen LogP) is 3.00. The summed E-state index contributed by atoms with van der Waals surface area (Å²) < 4.78 is 7.23. The van der Waals surface area contributed by atoms with Gasteiger partial charge in [-0.3, -0.25) is 4.68 Å². The van der Waals surface area contributed by atoms with Crippen molar-refractivity contribution in [2.24, 2.45) is 7.05 Å². The lowest BCUT2D eigenvalue weighted by Crippen LogP contribution is -1.98. The summed E-state index contributed by atoms with van der Waals surface area (Å²) >= 11 is 0. The molecule has 0 aliphatic carbocycles. The molecule has 0 aliphatic heterocycles. The van der Waals surface area contributed by atoms with Crippen LogP contribution in [0.2, 0.25) is 0 Å². The van der Waals surface area contributed by atoms with E-state index in [1.165, 1.54) is 0 Å². The molecule has 0 atom stereocenters. The van der Waals surface area contributed by atoms with Crippen LogP contribution < -0.4 is 5.32 Å². The normalized spacial score (nSPS) is 10.7. The molecule has 1 aromatic carbocycles. The third-order valence-electron chi connectivity index (χ3n) is 2.98. The van der Waals surface area contributed by atoms with E-state index in [2.05, 4.69) is 15.4 Å². The van der Waals surface area contributed by atoms with Gasteiger partial charge in [-0.05, 0) is 31.2 Å². The van der Waals surface area contributed by atoms with Gasteiger partial charge in [0.25, 0.3) is 0 Å². The second-order valence-corrected chi connectivity index (χ2v) is 4.69. The highest BCUT2D eigenvalue weighted by Crippen LogP contribution is 2.19. The Bertz CT molecular complexity index is 714. The van der Waals surface area contributed by atoms with Gasteiger partial charge in [-0.25, -0.2) is 4.98 Å². The van der Waals surface area contributed by atoms with Crippen molar-refractivity contribution in [2.45, 2.75) is 13.5 Å². The number of furan rings is 1. The lowest BCUT2D eigenvalue weighted by Gasteiger charge is -2.05. The average molecular weight is 268 g/mol. The summed E-state index contributed by atoms with van der Waals surface area (Å²) in [6, 6.07) is 12.0. The van der Waals surface area contributed by atoms with Crippen molar-refractivity contribution in [1.82, 2.24) is 14.8 Å². The van der Waals surface area contributed by atoms with Gasteiger partial charge in [0, 0.05) is 18.3 Å². The molecule has 2 aromatic heterocycles. The van der Waals surface area contributed by atoms with E-state index in [1.54, 1.807) is 11.0 Å². The fourth-order valence-corrected chi connectivity index (χ4v) is 2.01. The number of aryl methyl sites for hydroxylation is 2. The van der Waals surface area contributed by atoms with E-state index in [4.69, 9.17) is 4.42 Å². The van der Waals surface area contributed by atoms with E-state index in [0.29, 0.717) is 6.54 Å². The van der Waals surface area contributed by atoms with Crippen LogP contribution >= 0.6 is 0 Å². The van der Waals surface area contributed by atoms with E-state index >= 15 is 0 Å². The highest BCUT2D eigenvalue weighted by atomic mass is 16.3. The minimum atomic E-state index is 0.660. The van der Waals surface area contributed by atoms with Crippen LogP contribution in [0.3, 0.4) is 0 Å². The molecule has 0 fully saturated rings. The van der Waals surface area contributed by atoms with Crippen LogP contribution in [-0.2, 0) is 13.6 Å².